The molecule has 1 aliphatic rings. The van der Waals surface area contributed by atoms with Gasteiger partial charge in [0.05, 0.1) is 35.1 Å². The van der Waals surface area contributed by atoms with Crippen molar-refractivity contribution in [2.75, 3.05) is 6.61 Å². The van der Waals surface area contributed by atoms with E-state index in [1.807, 2.05) is 60.7 Å². The van der Waals surface area contributed by atoms with Crippen molar-refractivity contribution in [2.24, 2.45) is 5.92 Å². The quantitative estimate of drug-likeness (QED) is 0.243. The molecule has 0 radical (unpaired) electrons. The van der Waals surface area contributed by atoms with Crippen LogP contribution in [-0.4, -0.2) is 38.8 Å². The molecule has 0 bridgehead atoms. The number of nitrogens with zero attached hydrogens (tertiary/aromatic N) is 2. The molecule has 2 aromatic carbocycles. The Balaban J connectivity index is 1.29. The third-order valence-corrected chi connectivity index (χ3v) is 7.99. The predicted octanol–water partition coefficient (Wildman–Crippen LogP) is 6.34. The van der Waals surface area contributed by atoms with Crippen LogP contribution in [0.1, 0.15) is 60.3 Å². The lowest BCUT2D eigenvalue weighted by Crippen LogP contribution is -2.39. The van der Waals surface area contributed by atoms with Gasteiger partial charge in [-0.05, 0) is 67.0 Å². The molecule has 4 aromatic rings. The van der Waals surface area contributed by atoms with Crippen molar-refractivity contribution in [3.05, 3.63) is 83.8 Å². The first-order valence-corrected chi connectivity index (χ1v) is 13.8. The highest BCUT2D eigenvalue weighted by molar-refractivity contribution is 7.99. The largest absolute Gasteiger partial charge is 0.394 e. The lowest BCUT2D eigenvalue weighted by atomic mass is 9.85. The van der Waals surface area contributed by atoms with Gasteiger partial charge in [0.15, 0.2) is 0 Å². The van der Waals surface area contributed by atoms with Crippen LogP contribution < -0.4 is 5.32 Å². The SMILES string of the molecule is O=C(N[C@@H](CO)CC1CCCCC1)c1ccccc1Sc1ccc2c(/C=C/c3ccccn3)n[nH]c2c1. The Hall–Kier alpha value is -3.42. The number of hydrogen-bond acceptors (Lipinski definition) is 5. The number of hydrogen-bond donors (Lipinski definition) is 3. The number of amides is 1. The van der Waals surface area contributed by atoms with E-state index in [1.54, 1.807) is 18.0 Å². The van der Waals surface area contributed by atoms with E-state index >= 15 is 0 Å². The Morgan fingerprint density at radius 3 is 2.73 bits per heavy atom. The summed E-state index contributed by atoms with van der Waals surface area (Å²) >= 11 is 1.55. The molecule has 1 fully saturated rings. The zero-order valence-electron chi connectivity index (χ0n) is 20.8. The highest BCUT2D eigenvalue weighted by atomic mass is 32.2. The van der Waals surface area contributed by atoms with E-state index in [0.717, 1.165) is 38.5 Å². The molecule has 37 heavy (non-hydrogen) atoms. The number of pyridine rings is 1. The van der Waals surface area contributed by atoms with Crippen LogP contribution in [0.2, 0.25) is 0 Å². The topological polar surface area (TPSA) is 90.9 Å². The van der Waals surface area contributed by atoms with Gasteiger partial charge in [-0.25, -0.2) is 0 Å². The molecule has 0 spiro atoms. The zero-order valence-corrected chi connectivity index (χ0v) is 21.6. The normalized spacial score (nSPS) is 15.3. The molecule has 3 N–H and O–H groups in total. The van der Waals surface area contributed by atoms with Gasteiger partial charge in [0.2, 0.25) is 0 Å². The molecular formula is C30H32N4O2S. The second kappa shape index (κ2) is 12.2. The summed E-state index contributed by atoms with van der Waals surface area (Å²) in [5.41, 5.74) is 3.28. The van der Waals surface area contributed by atoms with E-state index in [2.05, 4.69) is 32.6 Å². The number of carbonyl (C=O) groups excluding carboxylic acids is 1. The Labute approximate surface area is 221 Å². The summed E-state index contributed by atoms with van der Waals surface area (Å²) in [5, 5.41) is 21.6. The molecule has 0 unspecified atom stereocenters. The maximum atomic E-state index is 13.2. The lowest BCUT2D eigenvalue weighted by molar-refractivity contribution is 0.0899. The van der Waals surface area contributed by atoms with Gasteiger partial charge in [-0.1, -0.05) is 62.1 Å². The molecule has 1 atom stereocenters. The Bertz CT molecular complexity index is 1360. The Morgan fingerprint density at radius 2 is 1.92 bits per heavy atom. The number of benzene rings is 2. The van der Waals surface area contributed by atoms with Crippen LogP contribution in [0, 0.1) is 5.92 Å². The van der Waals surface area contributed by atoms with Crippen molar-refractivity contribution in [1.29, 1.82) is 0 Å². The van der Waals surface area contributed by atoms with Crippen molar-refractivity contribution in [1.82, 2.24) is 20.5 Å². The zero-order chi connectivity index (χ0) is 25.5. The van der Waals surface area contributed by atoms with E-state index in [-0.39, 0.29) is 18.6 Å². The summed E-state index contributed by atoms with van der Waals surface area (Å²) < 4.78 is 0. The van der Waals surface area contributed by atoms with Gasteiger partial charge in [0.1, 0.15) is 0 Å². The lowest BCUT2D eigenvalue weighted by Gasteiger charge is -2.26. The fraction of sp³-hybridized carbons (Fsp3) is 0.300. The van der Waals surface area contributed by atoms with Gasteiger partial charge >= 0.3 is 0 Å². The second-order valence-corrected chi connectivity index (χ2v) is 10.7. The molecular weight excluding hydrogens is 480 g/mol. The van der Waals surface area contributed by atoms with Crippen molar-refractivity contribution in [3.8, 4) is 0 Å². The molecule has 0 saturated heterocycles. The number of fused-ring (bicyclic) bond motifs is 1. The number of H-pyrrole nitrogens is 1. The molecule has 6 nitrogen and oxygen atoms in total. The minimum absolute atomic E-state index is 0.0366. The second-order valence-electron chi connectivity index (χ2n) is 9.60. The van der Waals surface area contributed by atoms with Gasteiger partial charge in [-0.3, -0.25) is 14.9 Å². The number of aromatic amines is 1. The maximum absolute atomic E-state index is 13.2. The smallest absolute Gasteiger partial charge is 0.252 e. The van der Waals surface area contributed by atoms with Crippen LogP contribution in [0.4, 0.5) is 0 Å². The maximum Gasteiger partial charge on any atom is 0.252 e. The minimum Gasteiger partial charge on any atom is -0.394 e. The number of rotatable bonds is 9. The first-order chi connectivity index (χ1) is 18.2. The van der Waals surface area contributed by atoms with E-state index in [4.69, 9.17) is 0 Å². The summed E-state index contributed by atoms with van der Waals surface area (Å²) in [6.07, 6.45) is 12.7. The number of aliphatic hydroxyl groups is 1. The van der Waals surface area contributed by atoms with E-state index < -0.39 is 0 Å². The monoisotopic (exact) mass is 512 g/mol. The summed E-state index contributed by atoms with van der Waals surface area (Å²) in [7, 11) is 0. The van der Waals surface area contributed by atoms with Crippen LogP contribution >= 0.6 is 11.8 Å². The third kappa shape index (κ3) is 6.48. The van der Waals surface area contributed by atoms with Crippen LogP contribution in [0.3, 0.4) is 0 Å². The van der Waals surface area contributed by atoms with E-state index in [1.165, 1.54) is 32.1 Å². The van der Waals surface area contributed by atoms with Crippen LogP contribution in [0.25, 0.3) is 23.1 Å². The summed E-state index contributed by atoms with van der Waals surface area (Å²) in [4.78, 5) is 19.4. The third-order valence-electron chi connectivity index (χ3n) is 6.92. The van der Waals surface area contributed by atoms with Crippen LogP contribution in [0.5, 0.6) is 0 Å². The van der Waals surface area contributed by atoms with Gasteiger partial charge in [-0.2, -0.15) is 5.10 Å². The van der Waals surface area contributed by atoms with Crippen LogP contribution in [-0.2, 0) is 0 Å². The van der Waals surface area contributed by atoms with Gasteiger partial charge in [-0.15, -0.1) is 0 Å². The summed E-state index contributed by atoms with van der Waals surface area (Å²) in [6.45, 7) is -0.0366. The Kier molecular flexibility index (Phi) is 8.33. The molecule has 7 heteroatoms. The highest BCUT2D eigenvalue weighted by Crippen LogP contribution is 2.33. The first-order valence-electron chi connectivity index (χ1n) is 13.0. The summed E-state index contributed by atoms with van der Waals surface area (Å²) in [6, 6.07) is 19.4. The molecule has 0 aliphatic heterocycles. The molecule has 1 saturated carbocycles. The number of nitrogens with one attached hydrogen (secondary N) is 2. The summed E-state index contributed by atoms with van der Waals surface area (Å²) in [5.74, 6) is 0.447. The standard InChI is InChI=1S/C30H32N4O2S/c35-20-23(18-21-8-2-1-3-9-21)32-30(36)26-11-4-5-12-29(26)37-24-14-15-25-27(33-34-28(25)19-24)16-13-22-10-6-7-17-31-22/h4-7,10-17,19,21,23,35H,1-3,8-9,18,20H2,(H,32,36)(H,33,34)/b16-13+/t23-/m1/s1. The minimum atomic E-state index is -0.215. The molecule has 1 aliphatic carbocycles. The first kappa shape index (κ1) is 25.2. The molecule has 5 rings (SSSR count). The van der Waals surface area contributed by atoms with Gasteiger partial charge < -0.3 is 10.4 Å². The van der Waals surface area contributed by atoms with E-state index in [9.17, 15) is 9.90 Å². The fourth-order valence-electron chi connectivity index (χ4n) is 4.99. The van der Waals surface area contributed by atoms with Crippen molar-refractivity contribution in [2.45, 2.75) is 54.4 Å². The molecule has 1 amide bonds. The van der Waals surface area contributed by atoms with E-state index in [0.29, 0.717) is 11.5 Å². The molecule has 190 valence electrons. The fourth-order valence-corrected chi connectivity index (χ4v) is 5.97. The molecule has 2 aromatic heterocycles. The van der Waals surface area contributed by atoms with Gasteiger partial charge in [0, 0.05) is 21.4 Å². The predicted molar refractivity (Wildman–Crippen MR) is 149 cm³/mol. The number of carbonyl (C=O) groups is 1. The average Bonchev–Trinajstić information content (AvgIpc) is 3.35. The highest BCUT2D eigenvalue weighted by Gasteiger charge is 2.21. The van der Waals surface area contributed by atoms with Crippen molar-refractivity contribution >= 4 is 40.7 Å². The van der Waals surface area contributed by atoms with Gasteiger partial charge in [0.25, 0.3) is 5.91 Å². The number of aliphatic hydroxyl groups excluding tert-OH is 1. The van der Waals surface area contributed by atoms with Crippen molar-refractivity contribution < 1.29 is 9.90 Å². The number of aromatic nitrogens is 3. The van der Waals surface area contributed by atoms with Crippen molar-refractivity contribution in [3.63, 3.8) is 0 Å². The Morgan fingerprint density at radius 1 is 1.08 bits per heavy atom. The molecule has 2 heterocycles. The average molecular weight is 513 g/mol. The van der Waals surface area contributed by atoms with Crippen LogP contribution in [0.15, 0.2) is 76.7 Å².